The lowest BCUT2D eigenvalue weighted by molar-refractivity contribution is 0.581. The molecular formula is C20H26FIN4O2S. The predicted octanol–water partition coefficient (Wildman–Crippen LogP) is 3.06. The molecule has 0 amide bonds. The standard InChI is InChI=1S/C20H25FN4O2S.HI/c1-14-3-4-16(11-19(14)21)13-24-20(22-2)23-12-15-5-9-18(10-6-15)28(26,27)25-17-7-8-17;/h3-6,9-11,17,25H,7-8,12-13H2,1-2H3,(H2,22,23,24);1H. The highest BCUT2D eigenvalue weighted by Gasteiger charge is 2.27. The van der Waals surface area contributed by atoms with Crippen molar-refractivity contribution in [2.75, 3.05) is 7.05 Å². The van der Waals surface area contributed by atoms with E-state index in [0.717, 1.165) is 24.0 Å². The summed E-state index contributed by atoms with van der Waals surface area (Å²) in [5.41, 5.74) is 2.36. The summed E-state index contributed by atoms with van der Waals surface area (Å²) >= 11 is 0. The smallest absolute Gasteiger partial charge is 0.240 e. The first-order valence-electron chi connectivity index (χ1n) is 9.18. The highest BCUT2D eigenvalue weighted by molar-refractivity contribution is 14.0. The third-order valence-electron chi connectivity index (χ3n) is 4.51. The van der Waals surface area contributed by atoms with Crippen LogP contribution in [0.3, 0.4) is 0 Å². The molecule has 0 spiro atoms. The number of aliphatic imine (C=N–C) groups is 1. The van der Waals surface area contributed by atoms with Gasteiger partial charge in [0.25, 0.3) is 0 Å². The number of halogens is 2. The summed E-state index contributed by atoms with van der Waals surface area (Å²) in [5.74, 6) is 0.349. The highest BCUT2D eigenvalue weighted by atomic mass is 127. The van der Waals surface area contributed by atoms with E-state index >= 15 is 0 Å². The molecular weight excluding hydrogens is 506 g/mol. The molecule has 0 aromatic heterocycles. The molecule has 1 aliphatic carbocycles. The van der Waals surface area contributed by atoms with Gasteiger partial charge in [0, 0.05) is 26.2 Å². The first-order chi connectivity index (χ1) is 13.4. The van der Waals surface area contributed by atoms with Gasteiger partial charge in [-0.2, -0.15) is 0 Å². The van der Waals surface area contributed by atoms with Gasteiger partial charge in [0.05, 0.1) is 4.90 Å². The van der Waals surface area contributed by atoms with E-state index in [1.807, 2.05) is 6.07 Å². The Morgan fingerprint density at radius 3 is 2.21 bits per heavy atom. The van der Waals surface area contributed by atoms with E-state index in [2.05, 4.69) is 20.3 Å². The minimum Gasteiger partial charge on any atom is -0.352 e. The Hall–Kier alpha value is -1.72. The minimum atomic E-state index is -3.43. The zero-order chi connectivity index (χ0) is 20.1. The Bertz CT molecular complexity index is 961. The van der Waals surface area contributed by atoms with Gasteiger partial charge < -0.3 is 10.6 Å². The molecule has 6 nitrogen and oxygen atoms in total. The third kappa shape index (κ3) is 6.93. The van der Waals surface area contributed by atoms with Gasteiger partial charge in [-0.15, -0.1) is 24.0 Å². The molecule has 1 fully saturated rings. The van der Waals surface area contributed by atoms with Gasteiger partial charge in [-0.25, -0.2) is 17.5 Å². The van der Waals surface area contributed by atoms with Crippen molar-refractivity contribution in [1.29, 1.82) is 0 Å². The molecule has 1 saturated carbocycles. The maximum atomic E-state index is 13.6. The molecule has 0 bridgehead atoms. The zero-order valence-corrected chi connectivity index (χ0v) is 19.6. The van der Waals surface area contributed by atoms with E-state index in [-0.39, 0.29) is 40.7 Å². The molecule has 0 atom stereocenters. The quantitative estimate of drug-likeness (QED) is 0.291. The van der Waals surface area contributed by atoms with Gasteiger partial charge in [-0.1, -0.05) is 24.3 Å². The summed E-state index contributed by atoms with van der Waals surface area (Å²) in [6.07, 6.45) is 1.81. The first kappa shape index (κ1) is 23.6. The Morgan fingerprint density at radius 1 is 1.07 bits per heavy atom. The van der Waals surface area contributed by atoms with E-state index in [9.17, 15) is 12.8 Å². The molecule has 0 radical (unpaired) electrons. The molecule has 3 N–H and O–H groups in total. The number of aryl methyl sites for hydroxylation is 1. The fourth-order valence-corrected chi connectivity index (χ4v) is 3.92. The normalized spacial score (nSPS) is 14.2. The van der Waals surface area contributed by atoms with Crippen LogP contribution in [-0.2, 0) is 23.1 Å². The maximum Gasteiger partial charge on any atom is 0.240 e. The second-order valence-corrected chi connectivity index (χ2v) is 8.62. The number of hydrogen-bond donors (Lipinski definition) is 3. The number of nitrogens with one attached hydrogen (secondary N) is 3. The fourth-order valence-electron chi connectivity index (χ4n) is 2.61. The average molecular weight is 532 g/mol. The summed E-state index contributed by atoms with van der Waals surface area (Å²) in [5, 5.41) is 6.30. The number of sulfonamides is 1. The van der Waals surface area contributed by atoms with Crippen LogP contribution in [0.25, 0.3) is 0 Å². The summed E-state index contributed by atoms with van der Waals surface area (Å²) < 4.78 is 40.7. The van der Waals surface area contributed by atoms with Gasteiger partial charge >= 0.3 is 0 Å². The lowest BCUT2D eigenvalue weighted by atomic mass is 10.1. The summed E-state index contributed by atoms with van der Waals surface area (Å²) in [6.45, 7) is 2.66. The van der Waals surface area contributed by atoms with Crippen molar-refractivity contribution in [1.82, 2.24) is 15.4 Å². The first-order valence-corrected chi connectivity index (χ1v) is 10.7. The van der Waals surface area contributed by atoms with Crippen molar-refractivity contribution in [3.8, 4) is 0 Å². The summed E-state index contributed by atoms with van der Waals surface area (Å²) in [7, 11) is -1.78. The van der Waals surface area contributed by atoms with Gasteiger partial charge in [0.2, 0.25) is 10.0 Å². The van der Waals surface area contributed by atoms with Crippen LogP contribution in [0.15, 0.2) is 52.4 Å². The van der Waals surface area contributed by atoms with Crippen LogP contribution >= 0.6 is 24.0 Å². The van der Waals surface area contributed by atoms with E-state index in [4.69, 9.17) is 0 Å². The van der Waals surface area contributed by atoms with Crippen molar-refractivity contribution < 1.29 is 12.8 Å². The van der Waals surface area contributed by atoms with E-state index in [0.29, 0.717) is 24.6 Å². The molecule has 9 heteroatoms. The minimum absolute atomic E-state index is 0. The lowest BCUT2D eigenvalue weighted by Crippen LogP contribution is -2.36. The molecule has 0 unspecified atom stereocenters. The van der Waals surface area contributed by atoms with Gasteiger partial charge in [-0.3, -0.25) is 4.99 Å². The largest absolute Gasteiger partial charge is 0.352 e. The third-order valence-corrected chi connectivity index (χ3v) is 6.05. The monoisotopic (exact) mass is 532 g/mol. The van der Waals surface area contributed by atoms with Crippen molar-refractivity contribution in [3.05, 3.63) is 65.0 Å². The topological polar surface area (TPSA) is 82.6 Å². The summed E-state index contributed by atoms with van der Waals surface area (Å²) in [4.78, 5) is 4.42. The average Bonchev–Trinajstić information content (AvgIpc) is 3.48. The number of hydrogen-bond acceptors (Lipinski definition) is 3. The van der Waals surface area contributed by atoms with Crippen LogP contribution in [0.5, 0.6) is 0 Å². The van der Waals surface area contributed by atoms with Crippen molar-refractivity contribution in [2.24, 2.45) is 4.99 Å². The van der Waals surface area contributed by atoms with E-state index in [1.54, 1.807) is 44.3 Å². The van der Waals surface area contributed by atoms with Crippen LogP contribution in [0.4, 0.5) is 4.39 Å². The molecule has 2 aromatic rings. The zero-order valence-electron chi connectivity index (χ0n) is 16.4. The molecule has 29 heavy (non-hydrogen) atoms. The lowest BCUT2D eigenvalue weighted by Gasteiger charge is -2.13. The number of benzene rings is 2. The second-order valence-electron chi connectivity index (χ2n) is 6.90. The molecule has 0 saturated heterocycles. The molecule has 0 aliphatic heterocycles. The van der Waals surface area contributed by atoms with Crippen LogP contribution in [-0.4, -0.2) is 27.5 Å². The Labute approximate surface area is 188 Å². The molecule has 1 aliphatic rings. The van der Waals surface area contributed by atoms with Gasteiger partial charge in [0.15, 0.2) is 5.96 Å². The van der Waals surface area contributed by atoms with Crippen LogP contribution in [0.1, 0.15) is 29.5 Å². The number of nitrogens with zero attached hydrogens (tertiary/aromatic N) is 1. The summed E-state index contributed by atoms with van der Waals surface area (Å²) in [6, 6.07) is 12.0. The predicted molar refractivity (Wildman–Crippen MR) is 123 cm³/mol. The van der Waals surface area contributed by atoms with Crippen molar-refractivity contribution >= 4 is 40.0 Å². The Morgan fingerprint density at radius 2 is 1.66 bits per heavy atom. The van der Waals surface area contributed by atoms with Crippen LogP contribution in [0.2, 0.25) is 0 Å². The van der Waals surface area contributed by atoms with E-state index in [1.165, 1.54) is 6.07 Å². The maximum absolute atomic E-state index is 13.6. The second kappa shape index (κ2) is 10.4. The van der Waals surface area contributed by atoms with E-state index < -0.39 is 10.0 Å². The van der Waals surface area contributed by atoms with Crippen molar-refractivity contribution in [3.63, 3.8) is 0 Å². The van der Waals surface area contributed by atoms with Crippen LogP contribution in [0, 0.1) is 12.7 Å². The molecule has 3 rings (SSSR count). The molecule has 0 heterocycles. The van der Waals surface area contributed by atoms with Crippen LogP contribution < -0.4 is 15.4 Å². The molecule has 158 valence electrons. The van der Waals surface area contributed by atoms with Gasteiger partial charge in [-0.05, 0) is 54.7 Å². The SMILES string of the molecule is CN=C(NCc1ccc(S(=O)(=O)NC2CC2)cc1)NCc1ccc(C)c(F)c1.I. The number of guanidine groups is 1. The fraction of sp³-hybridized carbons (Fsp3) is 0.350. The van der Waals surface area contributed by atoms with Gasteiger partial charge in [0.1, 0.15) is 5.82 Å². The highest BCUT2D eigenvalue weighted by Crippen LogP contribution is 2.22. The number of rotatable bonds is 7. The van der Waals surface area contributed by atoms with Crippen molar-refractivity contribution in [2.45, 2.75) is 43.8 Å². The molecule has 2 aromatic carbocycles. The Kier molecular flexibility index (Phi) is 8.41. The Balaban J connectivity index is 0.00000300.